The zero-order valence-corrected chi connectivity index (χ0v) is 14.2. The first-order valence-electron chi connectivity index (χ1n) is 7.10. The summed E-state index contributed by atoms with van der Waals surface area (Å²) < 4.78 is 28.4. The summed E-state index contributed by atoms with van der Waals surface area (Å²) in [4.78, 5) is 0.419. The molecule has 2 aliphatic rings. The van der Waals surface area contributed by atoms with Gasteiger partial charge in [-0.25, -0.2) is 8.42 Å². The Kier molecular flexibility index (Phi) is 4.35. The molecule has 3 rings (SSSR count). The van der Waals surface area contributed by atoms with Gasteiger partial charge in [-0.2, -0.15) is 4.31 Å². The van der Waals surface area contributed by atoms with Gasteiger partial charge in [0.25, 0.3) is 0 Å². The molecule has 1 aromatic carbocycles. The molecule has 20 heavy (non-hydrogen) atoms. The summed E-state index contributed by atoms with van der Waals surface area (Å²) in [5.74, 6) is 0. The quantitative estimate of drug-likeness (QED) is 0.784. The average Bonchev–Trinajstić information content (AvgIpc) is 3.10. The molecule has 0 saturated carbocycles. The van der Waals surface area contributed by atoms with Gasteiger partial charge >= 0.3 is 0 Å². The molecule has 2 aliphatic heterocycles. The van der Waals surface area contributed by atoms with Gasteiger partial charge in [0.05, 0.1) is 4.90 Å². The van der Waals surface area contributed by atoms with Gasteiger partial charge in [-0.15, -0.1) is 0 Å². The molecule has 0 aliphatic carbocycles. The van der Waals surface area contributed by atoms with Crippen molar-refractivity contribution in [3.05, 3.63) is 27.8 Å². The molecule has 6 heteroatoms. The van der Waals surface area contributed by atoms with Crippen LogP contribution in [-0.2, 0) is 10.0 Å². The number of hydrogen-bond acceptors (Lipinski definition) is 3. The Balaban J connectivity index is 1.87. The molecule has 2 unspecified atom stereocenters. The number of nitrogens with zero attached hydrogens (tertiary/aromatic N) is 1. The molecule has 110 valence electrons. The minimum Gasteiger partial charge on any atom is -0.312 e. The Morgan fingerprint density at radius 3 is 2.55 bits per heavy atom. The number of rotatable bonds is 3. The van der Waals surface area contributed by atoms with Crippen LogP contribution in [0.1, 0.15) is 25.7 Å². The van der Waals surface area contributed by atoms with Crippen LogP contribution in [0.5, 0.6) is 0 Å². The molecular formula is C14H19IN2O2S. The minimum atomic E-state index is -3.35. The number of sulfonamides is 1. The van der Waals surface area contributed by atoms with E-state index in [2.05, 4.69) is 27.9 Å². The van der Waals surface area contributed by atoms with Gasteiger partial charge in [0.1, 0.15) is 0 Å². The van der Waals surface area contributed by atoms with Gasteiger partial charge in [0, 0.05) is 22.2 Å². The summed E-state index contributed by atoms with van der Waals surface area (Å²) in [5.41, 5.74) is 0. The summed E-state index contributed by atoms with van der Waals surface area (Å²) in [5, 5.41) is 3.45. The Labute approximate surface area is 134 Å². The second-order valence-electron chi connectivity index (χ2n) is 5.48. The number of nitrogens with one attached hydrogen (secondary N) is 1. The van der Waals surface area contributed by atoms with Crippen molar-refractivity contribution in [2.24, 2.45) is 0 Å². The van der Waals surface area contributed by atoms with Crippen LogP contribution in [-0.4, -0.2) is 37.9 Å². The van der Waals surface area contributed by atoms with E-state index in [1.165, 1.54) is 0 Å². The van der Waals surface area contributed by atoms with Crippen molar-refractivity contribution in [1.82, 2.24) is 9.62 Å². The van der Waals surface area contributed by atoms with Crippen molar-refractivity contribution < 1.29 is 8.42 Å². The molecule has 1 N–H and O–H groups in total. The highest BCUT2D eigenvalue weighted by Crippen LogP contribution is 2.30. The number of hydrogen-bond donors (Lipinski definition) is 1. The van der Waals surface area contributed by atoms with E-state index < -0.39 is 10.0 Å². The largest absolute Gasteiger partial charge is 0.312 e. The third-order valence-corrected chi connectivity index (χ3v) is 6.89. The van der Waals surface area contributed by atoms with Crippen LogP contribution >= 0.6 is 22.6 Å². The zero-order chi connectivity index (χ0) is 14.2. The van der Waals surface area contributed by atoms with Crippen molar-refractivity contribution in [2.45, 2.75) is 42.7 Å². The maximum absolute atomic E-state index is 12.8. The van der Waals surface area contributed by atoms with Gasteiger partial charge in [0.2, 0.25) is 10.0 Å². The van der Waals surface area contributed by atoms with E-state index in [9.17, 15) is 8.42 Å². The topological polar surface area (TPSA) is 49.4 Å². The van der Waals surface area contributed by atoms with Gasteiger partial charge in [0.15, 0.2) is 0 Å². The normalized spacial score (nSPS) is 28.1. The fraction of sp³-hybridized carbons (Fsp3) is 0.571. The number of benzene rings is 1. The highest BCUT2D eigenvalue weighted by Gasteiger charge is 2.40. The molecule has 2 saturated heterocycles. The van der Waals surface area contributed by atoms with Crippen molar-refractivity contribution in [2.75, 3.05) is 13.1 Å². The van der Waals surface area contributed by atoms with Gasteiger partial charge < -0.3 is 5.32 Å². The van der Waals surface area contributed by atoms with E-state index in [0.29, 0.717) is 17.5 Å². The maximum Gasteiger partial charge on any atom is 0.243 e. The monoisotopic (exact) mass is 406 g/mol. The standard InChI is InChI=1S/C14H19IN2O2S/c15-11-5-7-12(8-6-11)20(18,19)17-10-2-4-14(17)13-3-1-9-16-13/h5-8,13-14,16H,1-4,9-10H2. The van der Waals surface area contributed by atoms with Crippen LogP contribution in [0.4, 0.5) is 0 Å². The fourth-order valence-corrected chi connectivity index (χ4v) is 5.34. The predicted molar refractivity (Wildman–Crippen MR) is 87.1 cm³/mol. The molecule has 1 aromatic rings. The molecule has 0 bridgehead atoms. The molecule has 0 radical (unpaired) electrons. The van der Waals surface area contributed by atoms with Crippen LogP contribution in [0.3, 0.4) is 0 Å². The first-order valence-corrected chi connectivity index (χ1v) is 9.62. The number of halogens is 1. The third kappa shape index (κ3) is 2.75. The Bertz CT molecular complexity index is 567. The van der Waals surface area contributed by atoms with Crippen LogP contribution in [0.25, 0.3) is 0 Å². The Morgan fingerprint density at radius 1 is 1.15 bits per heavy atom. The van der Waals surface area contributed by atoms with E-state index in [1.54, 1.807) is 16.4 Å². The van der Waals surface area contributed by atoms with Crippen molar-refractivity contribution >= 4 is 32.6 Å². The van der Waals surface area contributed by atoms with Gasteiger partial charge in [-0.3, -0.25) is 0 Å². The van der Waals surface area contributed by atoms with E-state index in [0.717, 1.165) is 35.8 Å². The Morgan fingerprint density at radius 2 is 1.90 bits per heavy atom. The lowest BCUT2D eigenvalue weighted by Gasteiger charge is -2.28. The highest BCUT2D eigenvalue weighted by atomic mass is 127. The lowest BCUT2D eigenvalue weighted by Crippen LogP contribution is -2.46. The van der Waals surface area contributed by atoms with Gasteiger partial charge in [-0.05, 0) is 79.1 Å². The van der Waals surface area contributed by atoms with Crippen molar-refractivity contribution in [3.8, 4) is 0 Å². The van der Waals surface area contributed by atoms with Crippen LogP contribution in [0, 0.1) is 3.57 Å². The SMILES string of the molecule is O=S(=O)(c1ccc(I)cc1)N1CCCC1C1CCCN1. The van der Waals surface area contributed by atoms with E-state index >= 15 is 0 Å². The second kappa shape index (κ2) is 5.90. The molecule has 0 spiro atoms. The lowest BCUT2D eigenvalue weighted by atomic mass is 10.1. The van der Waals surface area contributed by atoms with E-state index in [1.807, 2.05) is 12.1 Å². The molecular weight excluding hydrogens is 387 g/mol. The smallest absolute Gasteiger partial charge is 0.243 e. The molecule has 4 nitrogen and oxygen atoms in total. The van der Waals surface area contributed by atoms with Gasteiger partial charge in [-0.1, -0.05) is 0 Å². The first kappa shape index (κ1) is 14.7. The summed E-state index contributed by atoms with van der Waals surface area (Å²) in [6.07, 6.45) is 4.18. The first-order chi connectivity index (χ1) is 9.59. The molecule has 2 fully saturated rings. The minimum absolute atomic E-state index is 0.127. The van der Waals surface area contributed by atoms with Crippen LogP contribution in [0.15, 0.2) is 29.2 Å². The van der Waals surface area contributed by atoms with Crippen molar-refractivity contribution in [1.29, 1.82) is 0 Å². The van der Waals surface area contributed by atoms with Crippen molar-refractivity contribution in [3.63, 3.8) is 0 Å². The second-order valence-corrected chi connectivity index (χ2v) is 8.62. The Hall–Kier alpha value is -0.180. The molecule has 0 aromatic heterocycles. The zero-order valence-electron chi connectivity index (χ0n) is 11.3. The van der Waals surface area contributed by atoms with E-state index in [4.69, 9.17) is 0 Å². The summed E-state index contributed by atoms with van der Waals surface area (Å²) in [6, 6.07) is 7.60. The lowest BCUT2D eigenvalue weighted by molar-refractivity contribution is 0.322. The summed E-state index contributed by atoms with van der Waals surface area (Å²) in [6.45, 7) is 1.66. The van der Waals surface area contributed by atoms with Crippen LogP contribution in [0.2, 0.25) is 0 Å². The van der Waals surface area contributed by atoms with E-state index in [-0.39, 0.29) is 6.04 Å². The third-order valence-electron chi connectivity index (χ3n) is 4.23. The summed E-state index contributed by atoms with van der Waals surface area (Å²) >= 11 is 2.19. The summed E-state index contributed by atoms with van der Waals surface area (Å²) in [7, 11) is -3.35. The molecule has 2 atom stereocenters. The molecule has 0 amide bonds. The predicted octanol–water partition coefficient (Wildman–Crippen LogP) is 2.20. The maximum atomic E-state index is 12.8. The molecule has 2 heterocycles. The fourth-order valence-electron chi connectivity index (χ4n) is 3.25. The average molecular weight is 406 g/mol. The highest BCUT2D eigenvalue weighted by molar-refractivity contribution is 14.1. The van der Waals surface area contributed by atoms with Crippen LogP contribution < -0.4 is 5.32 Å².